The molecule has 0 aliphatic heterocycles. The third-order valence-electron chi connectivity index (χ3n) is 11.5. The van der Waals surface area contributed by atoms with E-state index in [9.17, 15) is 19.8 Å². The van der Waals surface area contributed by atoms with E-state index in [0.29, 0.717) is 19.3 Å². The van der Waals surface area contributed by atoms with Crippen molar-refractivity contribution in [2.24, 2.45) is 0 Å². The first-order valence-corrected chi connectivity index (χ1v) is 25.2. The van der Waals surface area contributed by atoms with Gasteiger partial charge in [0.05, 0.1) is 25.2 Å². The molecule has 0 aliphatic rings. The number of nitrogens with one attached hydrogen (secondary N) is 1. The molecular weight excluding hydrogens is 719 g/mol. The van der Waals surface area contributed by atoms with Crippen LogP contribution in [0.1, 0.15) is 258 Å². The topological polar surface area (TPSA) is 95.9 Å². The molecule has 0 aromatic heterocycles. The lowest BCUT2D eigenvalue weighted by Gasteiger charge is -2.24. The minimum Gasteiger partial charge on any atom is -0.462 e. The average Bonchev–Trinajstić information content (AvgIpc) is 3.22. The highest BCUT2D eigenvalue weighted by Gasteiger charge is 2.24. The number of hydrogen-bond donors (Lipinski definition) is 3. The number of carbonyl (C=O) groups is 2. The molecule has 340 valence electrons. The van der Waals surface area contributed by atoms with Crippen LogP contribution in [-0.2, 0) is 14.3 Å². The van der Waals surface area contributed by atoms with Crippen LogP contribution in [0.4, 0.5) is 0 Å². The van der Waals surface area contributed by atoms with Crippen LogP contribution in [0.5, 0.6) is 0 Å². The molecule has 3 N–H and O–H groups in total. The molecule has 0 saturated heterocycles. The summed E-state index contributed by atoms with van der Waals surface area (Å²) < 4.78 is 5.89. The number of amides is 1. The zero-order valence-electron chi connectivity index (χ0n) is 38.7. The predicted molar refractivity (Wildman–Crippen MR) is 250 cm³/mol. The zero-order valence-corrected chi connectivity index (χ0v) is 38.7. The summed E-state index contributed by atoms with van der Waals surface area (Å²) >= 11 is 0. The number of unbranched alkanes of at least 4 members (excludes halogenated alkanes) is 27. The molecule has 0 saturated carbocycles. The summed E-state index contributed by atoms with van der Waals surface area (Å²) in [7, 11) is 0. The van der Waals surface area contributed by atoms with Gasteiger partial charge >= 0.3 is 5.97 Å². The van der Waals surface area contributed by atoms with Crippen LogP contribution in [0, 0.1) is 0 Å². The number of aliphatic hydroxyl groups excluding tert-OH is 2. The van der Waals surface area contributed by atoms with E-state index >= 15 is 0 Å². The van der Waals surface area contributed by atoms with Gasteiger partial charge in [0.15, 0.2) is 0 Å². The Bertz CT molecular complexity index is 961. The molecule has 58 heavy (non-hydrogen) atoms. The third kappa shape index (κ3) is 40.8. The second-order valence-corrected chi connectivity index (χ2v) is 17.2. The Morgan fingerprint density at radius 3 is 1.40 bits per heavy atom. The van der Waals surface area contributed by atoms with Gasteiger partial charge in [-0.1, -0.05) is 224 Å². The molecule has 1 amide bonds. The van der Waals surface area contributed by atoms with Crippen LogP contribution in [-0.4, -0.2) is 46.9 Å². The quantitative estimate of drug-likeness (QED) is 0.0323. The molecular formula is C52H97NO5. The highest BCUT2D eigenvalue weighted by atomic mass is 16.5. The van der Waals surface area contributed by atoms with E-state index in [2.05, 4.69) is 62.5 Å². The minimum atomic E-state index is -0.794. The van der Waals surface area contributed by atoms with Crippen LogP contribution in [0.25, 0.3) is 0 Å². The van der Waals surface area contributed by atoms with Gasteiger partial charge in [-0.2, -0.15) is 0 Å². The molecule has 0 bridgehead atoms. The SMILES string of the molecule is CC/C=C/C/C=C/C/C=C/CCCCC(CC(=O)NC(CO)C(O)CCCCCCCCCCCCCCCCCC)OC(=O)CCCCCCCCCCCCC. The highest BCUT2D eigenvalue weighted by molar-refractivity contribution is 5.77. The lowest BCUT2D eigenvalue weighted by molar-refractivity contribution is -0.151. The van der Waals surface area contributed by atoms with Gasteiger partial charge in [-0.25, -0.2) is 0 Å². The van der Waals surface area contributed by atoms with Crippen LogP contribution >= 0.6 is 0 Å². The molecule has 6 nitrogen and oxygen atoms in total. The maximum atomic E-state index is 13.2. The molecule has 0 heterocycles. The largest absolute Gasteiger partial charge is 0.462 e. The van der Waals surface area contributed by atoms with Crippen LogP contribution in [0.2, 0.25) is 0 Å². The van der Waals surface area contributed by atoms with Crippen molar-refractivity contribution >= 4 is 11.9 Å². The van der Waals surface area contributed by atoms with E-state index in [0.717, 1.165) is 77.0 Å². The number of ether oxygens (including phenoxy) is 1. The van der Waals surface area contributed by atoms with Gasteiger partial charge in [-0.3, -0.25) is 9.59 Å². The van der Waals surface area contributed by atoms with Gasteiger partial charge in [0.2, 0.25) is 5.91 Å². The zero-order chi connectivity index (χ0) is 42.4. The standard InChI is InChI=1S/C52H97NO5/c1-4-7-10-13-16-19-22-24-25-26-27-30-32-35-38-41-44-50(55)49(47-54)53-51(56)46-48(43-40-37-34-31-29-23-20-17-14-11-8-5-2)58-52(57)45-42-39-36-33-28-21-18-15-12-9-6-3/h8,11,17,20,29,31,48-50,54-55H,4-7,9-10,12-16,18-19,21-28,30,32-47H2,1-3H3,(H,53,56)/b11-8+,20-17+,31-29+. The van der Waals surface area contributed by atoms with E-state index in [1.165, 1.54) is 135 Å². The summed E-state index contributed by atoms with van der Waals surface area (Å²) in [5.74, 6) is -0.505. The van der Waals surface area contributed by atoms with Crippen LogP contribution in [0.15, 0.2) is 36.5 Å². The summed E-state index contributed by atoms with van der Waals surface area (Å²) in [6.45, 7) is 6.36. The third-order valence-corrected chi connectivity index (χ3v) is 11.5. The Labute approximate surface area is 360 Å². The summed E-state index contributed by atoms with van der Waals surface area (Å²) in [6.07, 6.45) is 53.5. The van der Waals surface area contributed by atoms with E-state index < -0.39 is 18.2 Å². The fraction of sp³-hybridized carbons (Fsp3) is 0.846. The van der Waals surface area contributed by atoms with E-state index in [1.54, 1.807) is 0 Å². The Kier molecular flexibility index (Phi) is 44.6. The van der Waals surface area contributed by atoms with Crippen molar-refractivity contribution in [3.05, 3.63) is 36.5 Å². The molecule has 0 rings (SSSR count). The lowest BCUT2D eigenvalue weighted by atomic mass is 10.0. The highest BCUT2D eigenvalue weighted by Crippen LogP contribution is 2.18. The Hall–Kier alpha value is -1.92. The number of allylic oxidation sites excluding steroid dienone is 6. The number of carbonyl (C=O) groups excluding carboxylic acids is 2. The molecule has 0 radical (unpaired) electrons. The van der Waals surface area contributed by atoms with Crippen LogP contribution < -0.4 is 5.32 Å². The predicted octanol–water partition coefficient (Wildman–Crippen LogP) is 14.9. The van der Waals surface area contributed by atoms with Gasteiger partial charge in [0.1, 0.15) is 6.10 Å². The van der Waals surface area contributed by atoms with Gasteiger partial charge < -0.3 is 20.3 Å². The summed E-state index contributed by atoms with van der Waals surface area (Å²) in [6, 6.07) is -0.710. The molecule has 0 aliphatic carbocycles. The van der Waals surface area contributed by atoms with Crippen LogP contribution in [0.3, 0.4) is 0 Å². The average molecular weight is 816 g/mol. The smallest absolute Gasteiger partial charge is 0.306 e. The normalized spacial score (nSPS) is 13.5. The Morgan fingerprint density at radius 2 is 0.931 bits per heavy atom. The van der Waals surface area contributed by atoms with Crippen molar-refractivity contribution < 1.29 is 24.5 Å². The number of esters is 1. The summed E-state index contributed by atoms with van der Waals surface area (Å²) in [5, 5.41) is 23.7. The van der Waals surface area contributed by atoms with Gasteiger partial charge in [-0.15, -0.1) is 0 Å². The molecule has 3 unspecified atom stereocenters. The number of rotatable bonds is 45. The van der Waals surface area contributed by atoms with E-state index in [4.69, 9.17) is 4.74 Å². The second kappa shape index (κ2) is 46.2. The second-order valence-electron chi connectivity index (χ2n) is 17.2. The van der Waals surface area contributed by atoms with Crippen molar-refractivity contribution in [2.45, 2.75) is 277 Å². The van der Waals surface area contributed by atoms with E-state index in [-0.39, 0.29) is 24.9 Å². The van der Waals surface area contributed by atoms with Gasteiger partial charge in [0, 0.05) is 6.42 Å². The van der Waals surface area contributed by atoms with Gasteiger partial charge in [0.25, 0.3) is 0 Å². The van der Waals surface area contributed by atoms with E-state index in [1.807, 2.05) is 0 Å². The fourth-order valence-electron chi connectivity index (χ4n) is 7.68. The lowest BCUT2D eigenvalue weighted by Crippen LogP contribution is -2.46. The summed E-state index contributed by atoms with van der Waals surface area (Å²) in [5.41, 5.74) is 0. The van der Waals surface area contributed by atoms with Crippen molar-refractivity contribution in [3.63, 3.8) is 0 Å². The minimum absolute atomic E-state index is 0.0549. The van der Waals surface area contributed by atoms with Crippen molar-refractivity contribution in [3.8, 4) is 0 Å². The monoisotopic (exact) mass is 816 g/mol. The first kappa shape index (κ1) is 56.1. The fourth-order valence-corrected chi connectivity index (χ4v) is 7.68. The maximum Gasteiger partial charge on any atom is 0.306 e. The first-order chi connectivity index (χ1) is 28.5. The number of hydrogen-bond acceptors (Lipinski definition) is 5. The van der Waals surface area contributed by atoms with Crippen molar-refractivity contribution in [2.75, 3.05) is 6.61 Å². The molecule has 0 aromatic rings. The van der Waals surface area contributed by atoms with Crippen molar-refractivity contribution in [1.29, 1.82) is 0 Å². The number of aliphatic hydroxyl groups is 2. The molecule has 0 aromatic carbocycles. The molecule has 6 heteroatoms. The van der Waals surface area contributed by atoms with Gasteiger partial charge in [-0.05, 0) is 57.8 Å². The molecule has 0 fully saturated rings. The first-order valence-electron chi connectivity index (χ1n) is 25.2. The summed E-state index contributed by atoms with van der Waals surface area (Å²) in [4.78, 5) is 26.0. The Balaban J connectivity index is 4.53. The van der Waals surface area contributed by atoms with Crippen molar-refractivity contribution in [1.82, 2.24) is 5.32 Å². The maximum absolute atomic E-state index is 13.2. The Morgan fingerprint density at radius 1 is 0.517 bits per heavy atom. The molecule has 3 atom stereocenters. The molecule has 0 spiro atoms.